The van der Waals surface area contributed by atoms with Crippen LogP contribution in [-0.4, -0.2) is 53.6 Å². The zero-order chi connectivity index (χ0) is 13.7. The molecule has 18 heavy (non-hydrogen) atoms. The minimum atomic E-state index is -1.07. The number of likely N-dealkylation sites (tertiary alicyclic amines) is 1. The molecule has 7 heteroatoms. The lowest BCUT2D eigenvalue weighted by Gasteiger charge is -2.16. The van der Waals surface area contributed by atoms with Crippen molar-refractivity contribution < 1.29 is 19.5 Å². The monoisotopic (exact) mass is 257 g/mol. The molecule has 0 radical (unpaired) electrons. The number of nitrogens with one attached hydrogen (secondary N) is 2. The summed E-state index contributed by atoms with van der Waals surface area (Å²) in [5.74, 6) is -1.21. The standard InChI is InChI=1S/C11H19N3O4/c1-3-4-8(10(16)17)13-11(18)12-7-5-6-14(2)9(7)15/h7-8H,3-6H2,1-2H3,(H,16,17)(H2,12,13,18)/t7?,8-/m0/s1. The van der Waals surface area contributed by atoms with Crippen molar-refractivity contribution in [1.29, 1.82) is 0 Å². The van der Waals surface area contributed by atoms with E-state index < -0.39 is 24.1 Å². The number of carboxylic acids is 1. The quantitative estimate of drug-likeness (QED) is 0.633. The molecule has 1 rings (SSSR count). The van der Waals surface area contributed by atoms with Crippen LogP contribution in [0.25, 0.3) is 0 Å². The fraction of sp³-hybridized carbons (Fsp3) is 0.727. The maximum Gasteiger partial charge on any atom is 0.326 e. The Bertz CT molecular complexity index is 337. The van der Waals surface area contributed by atoms with Crippen LogP contribution in [0.4, 0.5) is 4.79 Å². The van der Waals surface area contributed by atoms with Gasteiger partial charge in [-0.2, -0.15) is 0 Å². The van der Waals surface area contributed by atoms with Gasteiger partial charge in [-0.05, 0) is 12.8 Å². The molecule has 0 aromatic heterocycles. The second-order valence-electron chi connectivity index (χ2n) is 4.40. The van der Waals surface area contributed by atoms with E-state index in [9.17, 15) is 14.4 Å². The van der Waals surface area contributed by atoms with Gasteiger partial charge in [0.1, 0.15) is 12.1 Å². The number of nitrogens with zero attached hydrogens (tertiary/aromatic N) is 1. The van der Waals surface area contributed by atoms with Crippen molar-refractivity contribution in [1.82, 2.24) is 15.5 Å². The zero-order valence-corrected chi connectivity index (χ0v) is 10.6. The van der Waals surface area contributed by atoms with E-state index in [1.54, 1.807) is 7.05 Å². The van der Waals surface area contributed by atoms with Crippen molar-refractivity contribution in [3.05, 3.63) is 0 Å². The predicted molar refractivity (Wildman–Crippen MR) is 64.0 cm³/mol. The first kappa shape index (κ1) is 14.3. The first-order valence-corrected chi connectivity index (χ1v) is 6.00. The lowest BCUT2D eigenvalue weighted by atomic mass is 10.2. The highest BCUT2D eigenvalue weighted by atomic mass is 16.4. The molecule has 0 spiro atoms. The summed E-state index contributed by atoms with van der Waals surface area (Å²) in [6.07, 6.45) is 1.57. The molecule has 0 aliphatic carbocycles. The number of urea groups is 1. The Morgan fingerprint density at radius 3 is 2.67 bits per heavy atom. The Labute approximate surface area is 106 Å². The minimum Gasteiger partial charge on any atom is -0.480 e. The molecule has 0 aromatic rings. The molecule has 0 saturated carbocycles. The van der Waals surface area contributed by atoms with Gasteiger partial charge in [0.15, 0.2) is 0 Å². The molecule has 7 nitrogen and oxygen atoms in total. The van der Waals surface area contributed by atoms with Gasteiger partial charge in [0.25, 0.3) is 0 Å². The molecule has 0 aromatic carbocycles. The Balaban J connectivity index is 2.45. The maximum atomic E-state index is 11.6. The van der Waals surface area contributed by atoms with Gasteiger partial charge in [-0.1, -0.05) is 13.3 Å². The Hall–Kier alpha value is -1.79. The van der Waals surface area contributed by atoms with E-state index in [0.29, 0.717) is 25.8 Å². The van der Waals surface area contributed by atoms with Crippen LogP contribution in [0.2, 0.25) is 0 Å². The molecule has 1 aliphatic rings. The average molecular weight is 257 g/mol. The molecule has 1 saturated heterocycles. The Kier molecular flexibility index (Phi) is 4.94. The van der Waals surface area contributed by atoms with Crippen molar-refractivity contribution in [2.75, 3.05) is 13.6 Å². The van der Waals surface area contributed by atoms with Crippen molar-refractivity contribution in [2.45, 2.75) is 38.3 Å². The molecule has 3 N–H and O–H groups in total. The molecule has 1 unspecified atom stereocenters. The van der Waals surface area contributed by atoms with Gasteiger partial charge in [-0.15, -0.1) is 0 Å². The molecule has 102 valence electrons. The molecule has 1 aliphatic heterocycles. The first-order chi connectivity index (χ1) is 8.45. The van der Waals surface area contributed by atoms with Gasteiger partial charge in [-0.3, -0.25) is 4.79 Å². The summed E-state index contributed by atoms with van der Waals surface area (Å²) in [7, 11) is 1.67. The number of carbonyl (C=O) groups excluding carboxylic acids is 2. The Morgan fingerprint density at radius 1 is 1.56 bits per heavy atom. The van der Waals surface area contributed by atoms with Crippen LogP contribution in [0.5, 0.6) is 0 Å². The lowest BCUT2D eigenvalue weighted by Crippen LogP contribution is -2.50. The number of aliphatic carboxylic acids is 1. The predicted octanol–water partition coefficient (Wildman–Crippen LogP) is -0.230. The summed E-state index contributed by atoms with van der Waals surface area (Å²) in [5, 5.41) is 13.7. The van der Waals surface area contributed by atoms with Gasteiger partial charge < -0.3 is 20.6 Å². The average Bonchev–Trinajstić information content (AvgIpc) is 2.60. The van der Waals surface area contributed by atoms with Crippen LogP contribution >= 0.6 is 0 Å². The summed E-state index contributed by atoms with van der Waals surface area (Å²) in [4.78, 5) is 35.5. The number of rotatable bonds is 5. The highest BCUT2D eigenvalue weighted by Gasteiger charge is 2.31. The van der Waals surface area contributed by atoms with E-state index in [2.05, 4.69) is 10.6 Å². The van der Waals surface area contributed by atoms with E-state index in [4.69, 9.17) is 5.11 Å². The molecular formula is C11H19N3O4. The summed E-state index contributed by atoms with van der Waals surface area (Å²) in [5.41, 5.74) is 0. The van der Waals surface area contributed by atoms with Crippen LogP contribution in [0.1, 0.15) is 26.2 Å². The van der Waals surface area contributed by atoms with E-state index >= 15 is 0 Å². The number of carbonyl (C=O) groups is 3. The summed E-state index contributed by atoms with van der Waals surface area (Å²) < 4.78 is 0. The number of hydrogen-bond acceptors (Lipinski definition) is 3. The Morgan fingerprint density at radius 2 is 2.22 bits per heavy atom. The highest BCUT2D eigenvalue weighted by molar-refractivity contribution is 5.89. The van der Waals surface area contributed by atoms with Crippen molar-refractivity contribution in [3.8, 4) is 0 Å². The van der Waals surface area contributed by atoms with Crippen LogP contribution in [0, 0.1) is 0 Å². The fourth-order valence-corrected chi connectivity index (χ4v) is 1.86. The maximum absolute atomic E-state index is 11.6. The van der Waals surface area contributed by atoms with E-state index in [0.717, 1.165) is 0 Å². The second kappa shape index (κ2) is 6.23. The fourth-order valence-electron chi connectivity index (χ4n) is 1.86. The minimum absolute atomic E-state index is 0.146. The highest BCUT2D eigenvalue weighted by Crippen LogP contribution is 2.08. The molecular weight excluding hydrogens is 238 g/mol. The summed E-state index contributed by atoms with van der Waals surface area (Å²) in [6.45, 7) is 2.44. The SMILES string of the molecule is CCC[C@H](NC(=O)NC1CCN(C)C1=O)C(=O)O. The van der Waals surface area contributed by atoms with Crippen LogP contribution in [0.3, 0.4) is 0 Å². The van der Waals surface area contributed by atoms with E-state index in [1.165, 1.54) is 4.90 Å². The van der Waals surface area contributed by atoms with Crippen LogP contribution < -0.4 is 10.6 Å². The lowest BCUT2D eigenvalue weighted by molar-refractivity contribution is -0.139. The second-order valence-corrected chi connectivity index (χ2v) is 4.40. The van der Waals surface area contributed by atoms with Crippen LogP contribution in [-0.2, 0) is 9.59 Å². The third-order valence-corrected chi connectivity index (χ3v) is 2.91. The smallest absolute Gasteiger partial charge is 0.326 e. The topological polar surface area (TPSA) is 98.7 Å². The normalized spacial score (nSPS) is 20.7. The number of amides is 3. The van der Waals surface area contributed by atoms with Crippen molar-refractivity contribution >= 4 is 17.9 Å². The van der Waals surface area contributed by atoms with Gasteiger partial charge in [-0.25, -0.2) is 9.59 Å². The van der Waals surface area contributed by atoms with E-state index in [-0.39, 0.29) is 5.91 Å². The zero-order valence-electron chi connectivity index (χ0n) is 10.6. The van der Waals surface area contributed by atoms with Crippen molar-refractivity contribution in [2.24, 2.45) is 0 Å². The number of likely N-dealkylation sites (N-methyl/N-ethyl adjacent to an activating group) is 1. The third kappa shape index (κ3) is 3.61. The van der Waals surface area contributed by atoms with E-state index in [1.807, 2.05) is 6.92 Å². The molecule has 2 atom stereocenters. The molecule has 3 amide bonds. The molecule has 1 fully saturated rings. The van der Waals surface area contributed by atoms with Gasteiger partial charge in [0.05, 0.1) is 0 Å². The van der Waals surface area contributed by atoms with Gasteiger partial charge in [0, 0.05) is 13.6 Å². The third-order valence-electron chi connectivity index (χ3n) is 2.91. The molecule has 1 heterocycles. The van der Waals surface area contributed by atoms with Gasteiger partial charge in [0.2, 0.25) is 5.91 Å². The number of hydrogen-bond donors (Lipinski definition) is 3. The first-order valence-electron chi connectivity index (χ1n) is 6.00. The molecule has 0 bridgehead atoms. The van der Waals surface area contributed by atoms with Gasteiger partial charge >= 0.3 is 12.0 Å². The van der Waals surface area contributed by atoms with Crippen molar-refractivity contribution in [3.63, 3.8) is 0 Å². The van der Waals surface area contributed by atoms with Crippen LogP contribution in [0.15, 0.2) is 0 Å². The summed E-state index contributed by atoms with van der Waals surface area (Å²) in [6, 6.07) is -2.07. The number of carboxylic acid groups (broad SMARTS) is 1. The summed E-state index contributed by atoms with van der Waals surface area (Å²) >= 11 is 0. The largest absolute Gasteiger partial charge is 0.480 e.